The Kier molecular flexibility index (Phi) is 4.71. The smallest absolute Gasteiger partial charge is 0.251 e. The molecule has 1 amide bonds. The number of aryl methyl sites for hydroxylation is 1. The van der Waals surface area contributed by atoms with Crippen molar-refractivity contribution in [3.8, 4) is 0 Å². The molecule has 2 heterocycles. The largest absolute Gasteiger partial charge is 0.372 e. The van der Waals surface area contributed by atoms with Crippen molar-refractivity contribution in [2.24, 2.45) is 0 Å². The van der Waals surface area contributed by atoms with Crippen LogP contribution >= 0.6 is 0 Å². The van der Waals surface area contributed by atoms with Gasteiger partial charge in [-0.25, -0.2) is 4.98 Å². The number of amides is 1. The van der Waals surface area contributed by atoms with Crippen LogP contribution in [0.4, 0.5) is 0 Å². The van der Waals surface area contributed by atoms with Crippen molar-refractivity contribution in [1.82, 2.24) is 14.9 Å². The van der Waals surface area contributed by atoms with Gasteiger partial charge in [-0.05, 0) is 43.5 Å². The fourth-order valence-electron chi connectivity index (χ4n) is 3.41. The average molecular weight is 349 g/mol. The van der Waals surface area contributed by atoms with Crippen LogP contribution in [0.25, 0.3) is 11.0 Å². The van der Waals surface area contributed by atoms with Crippen molar-refractivity contribution in [1.29, 1.82) is 0 Å². The van der Waals surface area contributed by atoms with Gasteiger partial charge in [0.25, 0.3) is 5.91 Å². The summed E-state index contributed by atoms with van der Waals surface area (Å²) in [6.07, 6.45) is 1.86. The van der Waals surface area contributed by atoms with E-state index >= 15 is 0 Å². The Morgan fingerprint density at radius 1 is 1.27 bits per heavy atom. The molecule has 0 fully saturated rings. The maximum absolute atomic E-state index is 12.6. The van der Waals surface area contributed by atoms with Gasteiger partial charge < -0.3 is 14.6 Å². The second-order valence-electron chi connectivity index (χ2n) is 6.83. The van der Waals surface area contributed by atoms with Crippen LogP contribution in [0.5, 0.6) is 0 Å². The predicted molar refractivity (Wildman–Crippen MR) is 101 cm³/mol. The van der Waals surface area contributed by atoms with Crippen LogP contribution in [0.2, 0.25) is 0 Å². The number of fused-ring (bicyclic) bond motifs is 3. The predicted octanol–water partition coefficient (Wildman–Crippen LogP) is 3.32. The van der Waals surface area contributed by atoms with Gasteiger partial charge in [-0.1, -0.05) is 30.3 Å². The van der Waals surface area contributed by atoms with Crippen LogP contribution in [0.15, 0.2) is 48.5 Å². The second kappa shape index (κ2) is 7.30. The van der Waals surface area contributed by atoms with Crippen molar-refractivity contribution >= 4 is 16.9 Å². The SMILES string of the molecule is CC(CCc1ccccc1)NC(=O)c1ccc2c(c1)nc1n2CCOC1. The Morgan fingerprint density at radius 3 is 2.96 bits per heavy atom. The number of rotatable bonds is 5. The molecule has 1 aliphatic heterocycles. The number of ether oxygens (including phenoxy) is 1. The molecule has 5 heteroatoms. The summed E-state index contributed by atoms with van der Waals surface area (Å²) < 4.78 is 7.63. The van der Waals surface area contributed by atoms with Crippen molar-refractivity contribution in [2.75, 3.05) is 6.61 Å². The van der Waals surface area contributed by atoms with E-state index in [1.807, 2.05) is 43.3 Å². The van der Waals surface area contributed by atoms with E-state index in [1.54, 1.807) is 0 Å². The molecule has 0 radical (unpaired) electrons. The second-order valence-corrected chi connectivity index (χ2v) is 6.83. The molecule has 2 aromatic carbocycles. The number of aromatic nitrogens is 2. The van der Waals surface area contributed by atoms with Gasteiger partial charge in [-0.2, -0.15) is 0 Å². The first kappa shape index (κ1) is 16.8. The van der Waals surface area contributed by atoms with Crippen LogP contribution < -0.4 is 5.32 Å². The van der Waals surface area contributed by atoms with Crippen LogP contribution in [0, 0.1) is 0 Å². The van der Waals surface area contributed by atoms with Gasteiger partial charge in [0.1, 0.15) is 12.4 Å². The molecule has 0 spiro atoms. The number of benzene rings is 2. The standard InChI is InChI=1S/C21H23N3O2/c1-15(7-8-16-5-3-2-4-6-16)22-21(25)17-9-10-19-18(13-17)23-20-14-26-12-11-24(19)20/h2-6,9-10,13,15H,7-8,11-12,14H2,1H3,(H,22,25). The molecule has 0 saturated carbocycles. The molecule has 1 atom stereocenters. The molecule has 5 nitrogen and oxygen atoms in total. The van der Waals surface area contributed by atoms with Crippen LogP contribution in [0.3, 0.4) is 0 Å². The summed E-state index contributed by atoms with van der Waals surface area (Å²) in [5, 5.41) is 3.09. The molecule has 1 aromatic heterocycles. The minimum Gasteiger partial charge on any atom is -0.372 e. The highest BCUT2D eigenvalue weighted by atomic mass is 16.5. The summed E-state index contributed by atoms with van der Waals surface area (Å²) in [6.45, 7) is 4.10. The summed E-state index contributed by atoms with van der Waals surface area (Å²) >= 11 is 0. The van der Waals surface area contributed by atoms with Crippen LogP contribution in [-0.4, -0.2) is 28.1 Å². The monoisotopic (exact) mass is 349 g/mol. The van der Waals surface area contributed by atoms with Crippen molar-refractivity contribution < 1.29 is 9.53 Å². The highest BCUT2D eigenvalue weighted by Crippen LogP contribution is 2.21. The molecule has 0 bridgehead atoms. The van der Waals surface area contributed by atoms with Crippen LogP contribution in [-0.2, 0) is 24.3 Å². The van der Waals surface area contributed by atoms with Gasteiger partial charge in [-0.15, -0.1) is 0 Å². The zero-order valence-electron chi connectivity index (χ0n) is 14.9. The van der Waals surface area contributed by atoms with Gasteiger partial charge >= 0.3 is 0 Å². The quantitative estimate of drug-likeness (QED) is 0.769. The Bertz CT molecular complexity index is 918. The zero-order valence-corrected chi connectivity index (χ0v) is 14.9. The topological polar surface area (TPSA) is 56.2 Å². The highest BCUT2D eigenvalue weighted by Gasteiger charge is 2.17. The normalized spacial score (nSPS) is 14.8. The molecule has 3 aromatic rings. The van der Waals surface area contributed by atoms with Crippen molar-refractivity contribution in [3.05, 3.63) is 65.5 Å². The molecule has 134 valence electrons. The minimum atomic E-state index is -0.0466. The molecule has 26 heavy (non-hydrogen) atoms. The van der Waals surface area contributed by atoms with Crippen molar-refractivity contribution in [2.45, 2.75) is 39.0 Å². The first-order valence-corrected chi connectivity index (χ1v) is 9.12. The Labute approximate surface area is 153 Å². The fourth-order valence-corrected chi connectivity index (χ4v) is 3.41. The fraction of sp³-hybridized carbons (Fsp3) is 0.333. The van der Waals surface area contributed by atoms with E-state index in [4.69, 9.17) is 4.74 Å². The maximum atomic E-state index is 12.6. The van der Waals surface area contributed by atoms with E-state index in [1.165, 1.54) is 5.56 Å². The van der Waals surface area contributed by atoms with E-state index in [-0.39, 0.29) is 11.9 Å². The number of hydrogen-bond donors (Lipinski definition) is 1. The zero-order chi connectivity index (χ0) is 17.9. The van der Waals surface area contributed by atoms with E-state index < -0.39 is 0 Å². The third-order valence-corrected chi connectivity index (χ3v) is 4.87. The lowest BCUT2D eigenvalue weighted by atomic mass is 10.1. The minimum absolute atomic E-state index is 0.0466. The Hall–Kier alpha value is -2.66. The summed E-state index contributed by atoms with van der Waals surface area (Å²) in [4.78, 5) is 17.2. The van der Waals surface area contributed by atoms with E-state index in [0.717, 1.165) is 36.2 Å². The summed E-state index contributed by atoms with van der Waals surface area (Å²) in [7, 11) is 0. The molecule has 1 unspecified atom stereocenters. The van der Waals surface area contributed by atoms with Gasteiger partial charge in [0.05, 0.1) is 17.6 Å². The lowest BCUT2D eigenvalue weighted by Crippen LogP contribution is -2.32. The number of carbonyl (C=O) groups excluding carboxylic acids is 1. The summed E-state index contributed by atoms with van der Waals surface area (Å²) in [5.74, 6) is 0.884. The summed E-state index contributed by atoms with van der Waals surface area (Å²) in [5.41, 5.74) is 3.87. The molecule has 1 N–H and O–H groups in total. The first-order chi connectivity index (χ1) is 12.7. The molecule has 4 rings (SSSR count). The third-order valence-electron chi connectivity index (χ3n) is 4.87. The van der Waals surface area contributed by atoms with Crippen molar-refractivity contribution in [3.63, 3.8) is 0 Å². The maximum Gasteiger partial charge on any atom is 0.251 e. The van der Waals surface area contributed by atoms with Crippen LogP contribution in [0.1, 0.15) is 35.1 Å². The number of hydrogen-bond acceptors (Lipinski definition) is 3. The van der Waals surface area contributed by atoms with Gasteiger partial charge in [0, 0.05) is 18.2 Å². The lowest BCUT2D eigenvalue weighted by molar-refractivity contribution is 0.0830. The third kappa shape index (κ3) is 3.48. The number of nitrogens with one attached hydrogen (secondary N) is 1. The molecule has 1 aliphatic rings. The van der Waals surface area contributed by atoms with E-state index in [0.29, 0.717) is 18.8 Å². The van der Waals surface area contributed by atoms with E-state index in [9.17, 15) is 4.79 Å². The first-order valence-electron chi connectivity index (χ1n) is 9.12. The van der Waals surface area contributed by atoms with Gasteiger partial charge in [-0.3, -0.25) is 4.79 Å². The average Bonchev–Trinajstić information content (AvgIpc) is 3.05. The van der Waals surface area contributed by atoms with E-state index in [2.05, 4.69) is 27.0 Å². The summed E-state index contributed by atoms with van der Waals surface area (Å²) in [6, 6.07) is 16.2. The highest BCUT2D eigenvalue weighted by molar-refractivity contribution is 5.97. The number of imidazole rings is 1. The lowest BCUT2D eigenvalue weighted by Gasteiger charge is -2.15. The number of nitrogens with zero attached hydrogens (tertiary/aromatic N) is 2. The Morgan fingerprint density at radius 2 is 2.12 bits per heavy atom. The molecule has 0 saturated heterocycles. The molecular formula is C21H23N3O2. The van der Waals surface area contributed by atoms with Gasteiger partial charge in [0.15, 0.2) is 0 Å². The Balaban J connectivity index is 1.42. The number of carbonyl (C=O) groups is 1. The van der Waals surface area contributed by atoms with Gasteiger partial charge in [0.2, 0.25) is 0 Å². The molecular weight excluding hydrogens is 326 g/mol. The molecule has 0 aliphatic carbocycles.